The largest absolute Gasteiger partial charge is 0.271 e. The van der Waals surface area contributed by atoms with Crippen LogP contribution in [0.5, 0.6) is 0 Å². The summed E-state index contributed by atoms with van der Waals surface area (Å²) in [6.07, 6.45) is 4.80. The quantitative estimate of drug-likeness (QED) is 0.582. The Kier molecular flexibility index (Phi) is 1.64. The normalized spacial score (nSPS) is 16.5. The number of rotatable bonds is 0. The molecule has 0 N–H and O–H groups in total. The van der Waals surface area contributed by atoms with Gasteiger partial charge in [0, 0.05) is 18.3 Å². The third kappa shape index (κ3) is 1.06. The topological polar surface area (TPSA) is 17.8 Å². The second kappa shape index (κ2) is 2.52. The lowest BCUT2D eigenvalue weighted by atomic mass is 9.98. The predicted octanol–water partition coefficient (Wildman–Crippen LogP) is 1.95. The Morgan fingerprint density at radius 2 is 2.09 bits per heavy atom. The maximum Gasteiger partial charge on any atom is 0.154 e. The second-order valence-corrected chi connectivity index (χ2v) is 3.40. The minimum Gasteiger partial charge on any atom is -0.271 e. The number of nitrogens with zero attached hydrogens (tertiary/aromatic N) is 2. The van der Waals surface area contributed by atoms with E-state index in [4.69, 9.17) is 11.6 Å². The van der Waals surface area contributed by atoms with E-state index in [1.165, 1.54) is 24.1 Å². The van der Waals surface area contributed by atoms with Crippen LogP contribution in [0, 0.1) is 0 Å². The fraction of sp³-hybridized carbons (Fsp3) is 0.625. The number of hydrogen-bond acceptors (Lipinski definition) is 1. The molecule has 0 saturated heterocycles. The maximum atomic E-state index is 5.93. The van der Waals surface area contributed by atoms with Crippen LogP contribution in [0.15, 0.2) is 0 Å². The third-order valence-electron chi connectivity index (χ3n) is 2.32. The molecule has 0 radical (unpaired) electrons. The Morgan fingerprint density at radius 3 is 2.82 bits per heavy atom. The first-order valence-electron chi connectivity index (χ1n) is 3.99. The monoisotopic (exact) mass is 170 g/mol. The molecule has 3 heteroatoms. The van der Waals surface area contributed by atoms with Crippen LogP contribution in [0.4, 0.5) is 0 Å². The average molecular weight is 171 g/mol. The molecule has 0 amide bonds. The molecular formula is C8H11ClN2. The van der Waals surface area contributed by atoms with Crippen molar-refractivity contribution in [1.82, 2.24) is 9.78 Å². The molecule has 0 fully saturated rings. The smallest absolute Gasteiger partial charge is 0.154 e. The van der Waals surface area contributed by atoms with Crippen LogP contribution in [-0.2, 0) is 19.9 Å². The molecule has 0 bridgehead atoms. The Hall–Kier alpha value is -0.500. The zero-order chi connectivity index (χ0) is 7.84. The summed E-state index contributed by atoms with van der Waals surface area (Å²) in [4.78, 5) is 0. The van der Waals surface area contributed by atoms with Gasteiger partial charge >= 0.3 is 0 Å². The first kappa shape index (κ1) is 7.17. The van der Waals surface area contributed by atoms with Crippen molar-refractivity contribution in [3.8, 4) is 0 Å². The van der Waals surface area contributed by atoms with Crippen molar-refractivity contribution in [2.75, 3.05) is 0 Å². The molecule has 0 unspecified atom stereocenters. The van der Waals surface area contributed by atoms with E-state index in [9.17, 15) is 0 Å². The summed E-state index contributed by atoms with van der Waals surface area (Å²) in [5.41, 5.74) is 2.61. The van der Waals surface area contributed by atoms with Crippen LogP contribution in [-0.4, -0.2) is 9.78 Å². The molecule has 60 valence electrons. The van der Waals surface area contributed by atoms with E-state index in [1.54, 1.807) is 0 Å². The van der Waals surface area contributed by atoms with Crippen molar-refractivity contribution < 1.29 is 0 Å². The summed E-state index contributed by atoms with van der Waals surface area (Å²) in [5, 5.41) is 4.89. The van der Waals surface area contributed by atoms with Gasteiger partial charge in [0.05, 0.1) is 0 Å². The lowest BCUT2D eigenvalue weighted by Gasteiger charge is -2.10. The molecule has 11 heavy (non-hydrogen) atoms. The van der Waals surface area contributed by atoms with E-state index >= 15 is 0 Å². The molecule has 0 atom stereocenters. The first-order valence-corrected chi connectivity index (χ1v) is 4.37. The van der Waals surface area contributed by atoms with Crippen molar-refractivity contribution in [2.24, 2.45) is 7.05 Å². The van der Waals surface area contributed by atoms with Gasteiger partial charge < -0.3 is 0 Å². The molecule has 0 aliphatic heterocycles. The molecule has 1 aromatic heterocycles. The second-order valence-electron chi connectivity index (χ2n) is 3.05. The van der Waals surface area contributed by atoms with Gasteiger partial charge in [0.2, 0.25) is 0 Å². The standard InChI is InChI=1S/C8H11ClN2/c1-11-7-5-3-2-4-6(7)8(9)10-11/h2-5H2,1H3. The van der Waals surface area contributed by atoms with Crippen molar-refractivity contribution in [2.45, 2.75) is 25.7 Å². The Labute approximate surface area is 71.2 Å². The number of hydrogen-bond donors (Lipinski definition) is 0. The van der Waals surface area contributed by atoms with Crippen molar-refractivity contribution in [1.29, 1.82) is 0 Å². The highest BCUT2D eigenvalue weighted by molar-refractivity contribution is 6.30. The molecule has 1 aromatic rings. The van der Waals surface area contributed by atoms with Gasteiger partial charge in [-0.1, -0.05) is 11.6 Å². The molecule has 2 rings (SSSR count). The molecule has 0 aromatic carbocycles. The van der Waals surface area contributed by atoms with Gasteiger partial charge in [0.15, 0.2) is 5.15 Å². The number of fused-ring (bicyclic) bond motifs is 1. The summed E-state index contributed by atoms with van der Waals surface area (Å²) in [6, 6.07) is 0. The SMILES string of the molecule is Cn1nc(Cl)c2c1CCCC2. The van der Waals surface area contributed by atoms with Gasteiger partial charge in [-0.3, -0.25) is 4.68 Å². The summed E-state index contributed by atoms with van der Waals surface area (Å²) >= 11 is 5.93. The predicted molar refractivity (Wildman–Crippen MR) is 44.9 cm³/mol. The molecule has 1 aliphatic rings. The first-order chi connectivity index (χ1) is 5.29. The van der Waals surface area contributed by atoms with Crippen LogP contribution in [0.2, 0.25) is 5.15 Å². The van der Waals surface area contributed by atoms with E-state index < -0.39 is 0 Å². The van der Waals surface area contributed by atoms with Gasteiger partial charge in [-0.15, -0.1) is 0 Å². The van der Waals surface area contributed by atoms with Gasteiger partial charge in [-0.05, 0) is 25.7 Å². The molecule has 1 heterocycles. The van der Waals surface area contributed by atoms with Crippen LogP contribution in [0.3, 0.4) is 0 Å². The molecule has 0 saturated carbocycles. The van der Waals surface area contributed by atoms with Gasteiger partial charge in [-0.2, -0.15) is 5.10 Å². The van der Waals surface area contributed by atoms with Gasteiger partial charge in [0.25, 0.3) is 0 Å². The summed E-state index contributed by atoms with van der Waals surface area (Å²) in [7, 11) is 1.97. The number of aromatic nitrogens is 2. The minimum atomic E-state index is 0.710. The van der Waals surface area contributed by atoms with E-state index in [-0.39, 0.29) is 0 Å². The molecule has 2 nitrogen and oxygen atoms in total. The highest BCUT2D eigenvalue weighted by atomic mass is 35.5. The van der Waals surface area contributed by atoms with Gasteiger partial charge in [-0.25, -0.2) is 0 Å². The van der Waals surface area contributed by atoms with Crippen molar-refractivity contribution in [3.05, 3.63) is 16.4 Å². The Bertz CT molecular complexity index is 251. The lowest BCUT2D eigenvalue weighted by molar-refractivity contribution is 0.626. The van der Waals surface area contributed by atoms with E-state index in [0.717, 1.165) is 12.8 Å². The zero-order valence-electron chi connectivity index (χ0n) is 6.60. The number of halogens is 1. The molecule has 0 spiro atoms. The highest BCUT2D eigenvalue weighted by Crippen LogP contribution is 2.26. The summed E-state index contributed by atoms with van der Waals surface area (Å²) < 4.78 is 1.91. The van der Waals surface area contributed by atoms with Crippen molar-refractivity contribution >= 4 is 11.6 Å². The summed E-state index contributed by atoms with van der Waals surface area (Å²) in [6.45, 7) is 0. The fourth-order valence-corrected chi connectivity index (χ4v) is 2.04. The Morgan fingerprint density at radius 1 is 1.36 bits per heavy atom. The molecule has 1 aliphatic carbocycles. The zero-order valence-corrected chi connectivity index (χ0v) is 7.36. The highest BCUT2D eigenvalue weighted by Gasteiger charge is 2.17. The van der Waals surface area contributed by atoms with Crippen LogP contribution >= 0.6 is 11.6 Å². The molecular weight excluding hydrogens is 160 g/mol. The van der Waals surface area contributed by atoms with Crippen LogP contribution < -0.4 is 0 Å². The Balaban J connectivity index is 2.52. The minimum absolute atomic E-state index is 0.710. The van der Waals surface area contributed by atoms with Crippen LogP contribution in [0.1, 0.15) is 24.1 Å². The fourth-order valence-electron chi connectivity index (χ4n) is 1.72. The van der Waals surface area contributed by atoms with E-state index in [1.807, 2.05) is 11.7 Å². The van der Waals surface area contributed by atoms with Crippen LogP contribution in [0.25, 0.3) is 0 Å². The van der Waals surface area contributed by atoms with E-state index in [2.05, 4.69) is 5.10 Å². The van der Waals surface area contributed by atoms with Gasteiger partial charge in [0.1, 0.15) is 0 Å². The lowest BCUT2D eigenvalue weighted by Crippen LogP contribution is -2.05. The van der Waals surface area contributed by atoms with Crippen molar-refractivity contribution in [3.63, 3.8) is 0 Å². The summed E-state index contributed by atoms with van der Waals surface area (Å²) in [5.74, 6) is 0. The third-order valence-corrected chi connectivity index (χ3v) is 2.62. The maximum absolute atomic E-state index is 5.93. The number of aryl methyl sites for hydroxylation is 1. The van der Waals surface area contributed by atoms with E-state index in [0.29, 0.717) is 5.15 Å². The average Bonchev–Trinajstić information content (AvgIpc) is 2.30.